The fraction of sp³-hybridized carbons (Fsp3) is 0.579. The first-order valence-electron chi connectivity index (χ1n) is 9.29. The fourth-order valence-corrected chi connectivity index (χ4v) is 4.96. The molecule has 0 radical (unpaired) electrons. The highest BCUT2D eigenvalue weighted by atomic mass is 32.1. The second kappa shape index (κ2) is 7.70. The van der Waals surface area contributed by atoms with Gasteiger partial charge in [0.2, 0.25) is 0 Å². The average Bonchev–Trinajstić information content (AvgIpc) is 3.14. The van der Waals surface area contributed by atoms with Crippen LogP contribution in [0.25, 0.3) is 0 Å². The van der Waals surface area contributed by atoms with E-state index in [2.05, 4.69) is 11.2 Å². The number of carbonyl (C=O) groups is 1. The van der Waals surface area contributed by atoms with Crippen molar-refractivity contribution in [3.05, 3.63) is 39.8 Å². The average molecular weight is 359 g/mol. The Morgan fingerprint density at radius 1 is 1.28 bits per heavy atom. The van der Waals surface area contributed by atoms with Crippen LogP contribution in [0, 0.1) is 0 Å². The van der Waals surface area contributed by atoms with Crippen LogP contribution in [0.5, 0.6) is 0 Å². The molecule has 1 aliphatic carbocycles. The largest absolute Gasteiger partial charge is 0.374 e. The molecule has 0 unspecified atom stereocenters. The number of aryl methyl sites for hydroxylation is 2. The van der Waals surface area contributed by atoms with E-state index in [1.54, 1.807) is 17.5 Å². The Kier molecular flexibility index (Phi) is 5.17. The van der Waals surface area contributed by atoms with E-state index in [9.17, 15) is 4.79 Å². The molecule has 2 aliphatic rings. The quantitative estimate of drug-likeness (QED) is 0.791. The number of ether oxygens (including phenoxy) is 1. The molecule has 6 heteroatoms. The van der Waals surface area contributed by atoms with Crippen molar-refractivity contribution >= 4 is 17.2 Å². The molecular formula is C19H25N3O2S. The van der Waals surface area contributed by atoms with Gasteiger partial charge in [-0.15, -0.1) is 11.3 Å². The smallest absolute Gasteiger partial charge is 0.264 e. The molecule has 0 N–H and O–H groups in total. The molecular weight excluding hydrogens is 334 g/mol. The summed E-state index contributed by atoms with van der Waals surface area (Å²) in [6, 6.07) is 4.07. The number of thiophene rings is 1. The summed E-state index contributed by atoms with van der Waals surface area (Å²) < 4.78 is 7.82. The minimum absolute atomic E-state index is 0.00383. The summed E-state index contributed by atoms with van der Waals surface area (Å²) in [4.78, 5) is 17.4. The molecule has 0 saturated carbocycles. The molecule has 134 valence electrons. The maximum absolute atomic E-state index is 13.1. The molecule has 2 aromatic rings. The number of aromatic nitrogens is 2. The first-order chi connectivity index (χ1) is 12.3. The standard InChI is InChI=1S/C19H25N3O2S/c23-19(18-12-15-6-2-1-3-7-17(15)25-18)21-9-5-11-24-16(13-21)14-22-10-4-8-20-22/h4,8,10,12,16H,1-3,5-7,9,11,13-14H2/t16-/m1/s1. The van der Waals surface area contributed by atoms with Crippen molar-refractivity contribution in [3.8, 4) is 0 Å². The Bertz CT molecular complexity index is 687. The summed E-state index contributed by atoms with van der Waals surface area (Å²) in [7, 11) is 0. The number of carbonyl (C=O) groups excluding carboxylic acids is 1. The van der Waals surface area contributed by atoms with E-state index in [0.29, 0.717) is 19.7 Å². The summed E-state index contributed by atoms with van der Waals surface area (Å²) in [5.74, 6) is 0.175. The van der Waals surface area contributed by atoms with E-state index in [-0.39, 0.29) is 12.0 Å². The van der Waals surface area contributed by atoms with Crippen molar-refractivity contribution in [1.82, 2.24) is 14.7 Å². The third-order valence-electron chi connectivity index (χ3n) is 5.04. The molecule has 1 saturated heterocycles. The van der Waals surface area contributed by atoms with E-state index in [1.165, 1.54) is 29.7 Å². The van der Waals surface area contributed by atoms with Crippen LogP contribution < -0.4 is 0 Å². The van der Waals surface area contributed by atoms with Crippen LogP contribution in [0.1, 0.15) is 45.8 Å². The van der Waals surface area contributed by atoms with Crippen LogP contribution in [0.15, 0.2) is 24.5 Å². The lowest BCUT2D eigenvalue weighted by Gasteiger charge is -2.23. The van der Waals surface area contributed by atoms with Crippen LogP contribution in [0.4, 0.5) is 0 Å². The predicted octanol–water partition coefficient (Wildman–Crippen LogP) is 3.14. The zero-order valence-corrected chi connectivity index (χ0v) is 15.3. The first kappa shape index (κ1) is 16.8. The number of amides is 1. The van der Waals surface area contributed by atoms with Crippen LogP contribution in [0.2, 0.25) is 0 Å². The van der Waals surface area contributed by atoms with Gasteiger partial charge in [-0.05, 0) is 49.8 Å². The minimum Gasteiger partial charge on any atom is -0.374 e. The summed E-state index contributed by atoms with van der Waals surface area (Å²) in [5, 5.41) is 4.26. The summed E-state index contributed by atoms with van der Waals surface area (Å²) in [6.45, 7) is 2.81. The lowest BCUT2D eigenvalue weighted by atomic mass is 10.1. The third-order valence-corrected chi connectivity index (χ3v) is 6.27. The van der Waals surface area contributed by atoms with Gasteiger partial charge in [0.1, 0.15) is 0 Å². The zero-order chi connectivity index (χ0) is 17.1. The first-order valence-corrected chi connectivity index (χ1v) is 10.1. The number of rotatable bonds is 3. The monoisotopic (exact) mass is 359 g/mol. The van der Waals surface area contributed by atoms with Crippen molar-refractivity contribution in [2.45, 2.75) is 51.2 Å². The van der Waals surface area contributed by atoms with Crippen LogP contribution >= 0.6 is 11.3 Å². The Morgan fingerprint density at radius 2 is 2.20 bits per heavy atom. The van der Waals surface area contributed by atoms with Gasteiger partial charge in [-0.3, -0.25) is 9.48 Å². The van der Waals surface area contributed by atoms with Gasteiger partial charge in [0.15, 0.2) is 0 Å². The molecule has 0 aromatic carbocycles. The van der Waals surface area contributed by atoms with Crippen LogP contribution in [0.3, 0.4) is 0 Å². The Morgan fingerprint density at radius 3 is 3.08 bits per heavy atom. The lowest BCUT2D eigenvalue weighted by molar-refractivity contribution is 0.0368. The maximum atomic E-state index is 13.1. The zero-order valence-electron chi connectivity index (χ0n) is 14.5. The third kappa shape index (κ3) is 3.96. The van der Waals surface area contributed by atoms with Gasteiger partial charge < -0.3 is 9.64 Å². The second-order valence-corrected chi connectivity index (χ2v) is 8.08. The van der Waals surface area contributed by atoms with E-state index in [4.69, 9.17) is 4.74 Å². The van der Waals surface area contributed by atoms with Gasteiger partial charge in [-0.1, -0.05) is 6.42 Å². The highest BCUT2D eigenvalue weighted by Crippen LogP contribution is 2.30. The number of fused-ring (bicyclic) bond motifs is 1. The number of hydrogen-bond acceptors (Lipinski definition) is 4. The van der Waals surface area contributed by atoms with Gasteiger partial charge in [-0.25, -0.2) is 0 Å². The topological polar surface area (TPSA) is 47.4 Å². The number of hydrogen-bond donors (Lipinski definition) is 0. The van der Waals surface area contributed by atoms with Crippen LogP contribution in [-0.4, -0.2) is 46.4 Å². The molecule has 3 heterocycles. The van der Waals surface area contributed by atoms with Crippen molar-refractivity contribution in [2.75, 3.05) is 19.7 Å². The predicted molar refractivity (Wildman–Crippen MR) is 98.1 cm³/mol. The molecule has 4 rings (SSSR count). The van der Waals surface area contributed by atoms with E-state index in [1.807, 2.05) is 21.8 Å². The molecule has 0 spiro atoms. The lowest BCUT2D eigenvalue weighted by Crippen LogP contribution is -2.38. The SMILES string of the molecule is O=C(c1cc2c(s1)CCCCC2)N1CCCO[C@@H](Cn2cccn2)C1. The fourth-order valence-electron chi connectivity index (χ4n) is 3.74. The number of nitrogens with zero attached hydrogens (tertiary/aromatic N) is 3. The van der Waals surface area contributed by atoms with Gasteiger partial charge in [-0.2, -0.15) is 5.10 Å². The Labute approximate surface area is 152 Å². The van der Waals surface area contributed by atoms with Gasteiger partial charge in [0.25, 0.3) is 5.91 Å². The molecule has 1 atom stereocenters. The molecule has 25 heavy (non-hydrogen) atoms. The minimum atomic E-state index is 0.00383. The summed E-state index contributed by atoms with van der Waals surface area (Å²) >= 11 is 1.71. The molecule has 0 bridgehead atoms. The summed E-state index contributed by atoms with van der Waals surface area (Å²) in [5.41, 5.74) is 1.41. The van der Waals surface area contributed by atoms with E-state index < -0.39 is 0 Å². The normalized spacial score (nSPS) is 21.4. The maximum Gasteiger partial charge on any atom is 0.264 e. The van der Waals surface area contributed by atoms with Crippen molar-refractivity contribution in [3.63, 3.8) is 0 Å². The van der Waals surface area contributed by atoms with E-state index in [0.717, 1.165) is 30.7 Å². The highest BCUT2D eigenvalue weighted by Gasteiger charge is 2.26. The highest BCUT2D eigenvalue weighted by molar-refractivity contribution is 7.14. The van der Waals surface area contributed by atoms with E-state index >= 15 is 0 Å². The van der Waals surface area contributed by atoms with Gasteiger partial charge in [0.05, 0.1) is 17.5 Å². The molecule has 2 aromatic heterocycles. The Balaban J connectivity index is 1.46. The van der Waals surface area contributed by atoms with Crippen molar-refractivity contribution in [2.24, 2.45) is 0 Å². The Hall–Kier alpha value is -1.66. The molecule has 1 fully saturated rings. The van der Waals surface area contributed by atoms with Crippen molar-refractivity contribution < 1.29 is 9.53 Å². The van der Waals surface area contributed by atoms with Crippen molar-refractivity contribution in [1.29, 1.82) is 0 Å². The molecule has 1 amide bonds. The molecule has 5 nitrogen and oxygen atoms in total. The summed E-state index contributed by atoms with van der Waals surface area (Å²) in [6.07, 6.45) is 10.7. The van der Waals surface area contributed by atoms with Gasteiger partial charge >= 0.3 is 0 Å². The molecule has 1 aliphatic heterocycles. The van der Waals surface area contributed by atoms with Crippen LogP contribution in [-0.2, 0) is 24.1 Å². The van der Waals surface area contributed by atoms with Gasteiger partial charge in [0, 0.05) is 37.0 Å². The second-order valence-electron chi connectivity index (χ2n) is 6.95.